The number of thiazole rings is 1. The molecule has 0 fully saturated rings. The van der Waals surface area contributed by atoms with E-state index >= 15 is 0 Å². The molecule has 0 atom stereocenters. The lowest BCUT2D eigenvalue weighted by molar-refractivity contribution is 0.287. The van der Waals surface area contributed by atoms with Gasteiger partial charge in [-0.25, -0.2) is 0 Å². The minimum absolute atomic E-state index is 0.211. The summed E-state index contributed by atoms with van der Waals surface area (Å²) in [6.45, 7) is 4.92. The molecule has 29 heavy (non-hydrogen) atoms. The van der Waals surface area contributed by atoms with Crippen molar-refractivity contribution in [2.24, 2.45) is 0 Å². The third-order valence-electron chi connectivity index (χ3n) is 4.13. The lowest BCUT2D eigenvalue weighted by Gasteiger charge is -2.11. The van der Waals surface area contributed by atoms with Crippen LogP contribution in [0.4, 0.5) is 0 Å². The van der Waals surface area contributed by atoms with Gasteiger partial charge in [-0.3, -0.25) is 4.79 Å². The zero-order chi connectivity index (χ0) is 20.4. The first-order valence-electron chi connectivity index (χ1n) is 9.16. The van der Waals surface area contributed by atoms with Crippen LogP contribution >= 0.6 is 22.9 Å². The molecule has 6 nitrogen and oxygen atoms in total. The lowest BCUT2D eigenvalue weighted by atomic mass is 10.2. The highest BCUT2D eigenvalue weighted by molar-refractivity contribution is 7.15. The van der Waals surface area contributed by atoms with E-state index in [1.807, 2.05) is 44.2 Å². The van der Waals surface area contributed by atoms with Gasteiger partial charge in [0.05, 0.1) is 17.7 Å². The Kier molecular flexibility index (Phi) is 5.51. The molecule has 0 bridgehead atoms. The Bertz CT molecular complexity index is 1280. The van der Waals surface area contributed by atoms with E-state index in [4.69, 9.17) is 21.1 Å². The van der Waals surface area contributed by atoms with E-state index in [0.29, 0.717) is 45.1 Å². The van der Waals surface area contributed by atoms with Crippen LogP contribution in [0.3, 0.4) is 0 Å². The molecule has 2 aromatic carbocycles. The van der Waals surface area contributed by atoms with Crippen molar-refractivity contribution in [3.05, 3.63) is 67.9 Å². The summed E-state index contributed by atoms with van der Waals surface area (Å²) in [7, 11) is 0. The van der Waals surface area contributed by atoms with E-state index in [9.17, 15) is 4.79 Å². The molecule has 0 radical (unpaired) electrons. The minimum atomic E-state index is -0.211. The number of hydrogen-bond donors (Lipinski definition) is 0. The van der Waals surface area contributed by atoms with E-state index in [-0.39, 0.29) is 5.56 Å². The average molecular weight is 428 g/mol. The Labute approximate surface area is 176 Å². The molecule has 0 N–H and O–H groups in total. The van der Waals surface area contributed by atoms with Crippen LogP contribution in [-0.4, -0.2) is 27.8 Å². The van der Waals surface area contributed by atoms with Gasteiger partial charge < -0.3 is 9.47 Å². The van der Waals surface area contributed by atoms with Crippen LogP contribution in [0.2, 0.25) is 5.02 Å². The van der Waals surface area contributed by atoms with Crippen molar-refractivity contribution in [3.63, 3.8) is 0 Å². The molecule has 4 aromatic rings. The van der Waals surface area contributed by atoms with Crippen LogP contribution in [-0.2, 0) is 0 Å². The van der Waals surface area contributed by atoms with Gasteiger partial charge in [0.15, 0.2) is 17.3 Å². The normalized spacial score (nSPS) is 11.9. The molecular formula is C21H18ClN3O3S. The summed E-state index contributed by atoms with van der Waals surface area (Å²) < 4.78 is 13.1. The number of fused-ring (bicyclic) bond motifs is 1. The first-order chi connectivity index (χ1) is 14.1. The molecule has 4 rings (SSSR count). The van der Waals surface area contributed by atoms with Crippen LogP contribution in [0.1, 0.15) is 19.4 Å². The number of nitrogens with zero attached hydrogens (tertiary/aromatic N) is 3. The smallest absolute Gasteiger partial charge is 0.291 e. The average Bonchev–Trinajstić information content (AvgIpc) is 3.24. The topological polar surface area (TPSA) is 65.7 Å². The first-order valence-corrected chi connectivity index (χ1v) is 10.4. The molecule has 0 aliphatic heterocycles. The zero-order valence-corrected chi connectivity index (χ0v) is 17.5. The molecule has 8 heteroatoms. The molecule has 0 saturated carbocycles. The second-order valence-electron chi connectivity index (χ2n) is 6.13. The molecule has 0 saturated heterocycles. The SMILES string of the molecule is CCOc1ccc(/C=c2\sc3nc(-c4cccc(Cl)c4)nn3c2=O)cc1OCC. The summed E-state index contributed by atoms with van der Waals surface area (Å²) in [6.07, 6.45) is 1.81. The van der Waals surface area contributed by atoms with Gasteiger partial charge in [0.1, 0.15) is 0 Å². The second kappa shape index (κ2) is 8.23. The number of hydrogen-bond acceptors (Lipinski definition) is 6. The van der Waals surface area contributed by atoms with Crippen molar-refractivity contribution < 1.29 is 9.47 Å². The summed E-state index contributed by atoms with van der Waals surface area (Å²) in [5.41, 5.74) is 1.40. The van der Waals surface area contributed by atoms with E-state index in [1.165, 1.54) is 15.9 Å². The van der Waals surface area contributed by atoms with Crippen molar-refractivity contribution in [2.45, 2.75) is 13.8 Å². The summed E-state index contributed by atoms with van der Waals surface area (Å²) >= 11 is 7.32. The van der Waals surface area contributed by atoms with Gasteiger partial charge in [-0.1, -0.05) is 41.1 Å². The Morgan fingerprint density at radius 2 is 1.90 bits per heavy atom. The summed E-state index contributed by atoms with van der Waals surface area (Å²) in [6, 6.07) is 12.8. The fraction of sp³-hybridized carbons (Fsp3) is 0.190. The maximum absolute atomic E-state index is 12.8. The van der Waals surface area contributed by atoms with E-state index in [0.717, 1.165) is 11.1 Å². The molecule has 0 unspecified atom stereocenters. The largest absolute Gasteiger partial charge is 0.490 e. The maximum atomic E-state index is 12.8. The summed E-state index contributed by atoms with van der Waals surface area (Å²) in [4.78, 5) is 17.8. The van der Waals surface area contributed by atoms with Crippen molar-refractivity contribution in [1.82, 2.24) is 14.6 Å². The fourth-order valence-electron chi connectivity index (χ4n) is 2.89. The zero-order valence-electron chi connectivity index (χ0n) is 15.9. The van der Waals surface area contributed by atoms with Gasteiger partial charge in [-0.05, 0) is 49.8 Å². The van der Waals surface area contributed by atoms with Crippen molar-refractivity contribution in [1.29, 1.82) is 0 Å². The third kappa shape index (κ3) is 3.97. The predicted octanol–water partition coefficient (Wildman–Crippen LogP) is 3.82. The van der Waals surface area contributed by atoms with Gasteiger partial charge in [0.25, 0.3) is 5.56 Å². The number of benzene rings is 2. The van der Waals surface area contributed by atoms with Gasteiger partial charge in [0.2, 0.25) is 4.96 Å². The van der Waals surface area contributed by atoms with Gasteiger partial charge in [0, 0.05) is 10.6 Å². The predicted molar refractivity (Wildman–Crippen MR) is 115 cm³/mol. The van der Waals surface area contributed by atoms with E-state index < -0.39 is 0 Å². The second-order valence-corrected chi connectivity index (χ2v) is 7.57. The molecule has 0 aliphatic rings. The number of halogens is 1. The van der Waals surface area contributed by atoms with E-state index in [1.54, 1.807) is 18.2 Å². The van der Waals surface area contributed by atoms with Gasteiger partial charge in [-0.15, -0.1) is 5.10 Å². The number of ether oxygens (including phenoxy) is 2. The summed E-state index contributed by atoms with van der Waals surface area (Å²) in [5, 5.41) is 4.95. The van der Waals surface area contributed by atoms with Crippen LogP contribution in [0.25, 0.3) is 22.4 Å². The highest BCUT2D eigenvalue weighted by atomic mass is 35.5. The van der Waals surface area contributed by atoms with Gasteiger partial charge >= 0.3 is 0 Å². The number of aromatic nitrogens is 3. The molecule has 2 heterocycles. The first kappa shape index (κ1) is 19.4. The van der Waals surface area contributed by atoms with Crippen molar-refractivity contribution in [2.75, 3.05) is 13.2 Å². The van der Waals surface area contributed by atoms with Crippen molar-refractivity contribution in [3.8, 4) is 22.9 Å². The highest BCUT2D eigenvalue weighted by Gasteiger charge is 2.12. The molecule has 0 aliphatic carbocycles. The van der Waals surface area contributed by atoms with Crippen molar-refractivity contribution >= 4 is 34.0 Å². The van der Waals surface area contributed by atoms with Crippen LogP contribution in [0.15, 0.2) is 47.3 Å². The number of rotatable bonds is 6. The minimum Gasteiger partial charge on any atom is -0.490 e. The van der Waals surface area contributed by atoms with E-state index in [2.05, 4.69) is 10.1 Å². The Hall–Kier alpha value is -2.90. The van der Waals surface area contributed by atoms with Gasteiger partial charge in [-0.2, -0.15) is 9.50 Å². The molecular weight excluding hydrogens is 410 g/mol. The molecule has 0 amide bonds. The molecule has 0 spiro atoms. The monoisotopic (exact) mass is 427 g/mol. The third-order valence-corrected chi connectivity index (χ3v) is 5.32. The van der Waals surface area contributed by atoms with Crippen LogP contribution in [0, 0.1) is 0 Å². The Balaban J connectivity index is 1.74. The summed E-state index contributed by atoms with van der Waals surface area (Å²) in [5.74, 6) is 1.81. The van der Waals surface area contributed by atoms with Crippen LogP contribution < -0.4 is 19.6 Å². The lowest BCUT2D eigenvalue weighted by Crippen LogP contribution is -2.23. The quantitative estimate of drug-likeness (QED) is 0.468. The molecule has 2 aromatic heterocycles. The molecule has 148 valence electrons. The Morgan fingerprint density at radius 3 is 2.62 bits per heavy atom. The fourth-order valence-corrected chi connectivity index (χ4v) is 3.99. The Morgan fingerprint density at radius 1 is 1.10 bits per heavy atom. The standard InChI is InChI=1S/C21H18ClN3O3S/c1-3-27-16-9-8-13(10-17(16)28-4-2)11-18-20(26)25-21(29-18)23-19(24-25)14-6-5-7-15(22)12-14/h5-12H,3-4H2,1-2H3/b18-11-. The highest BCUT2D eigenvalue weighted by Crippen LogP contribution is 2.29. The maximum Gasteiger partial charge on any atom is 0.291 e. The van der Waals surface area contributed by atoms with Crippen LogP contribution in [0.5, 0.6) is 11.5 Å².